The van der Waals surface area contributed by atoms with Gasteiger partial charge in [0, 0.05) is 23.6 Å². The predicted molar refractivity (Wildman–Crippen MR) is 98.3 cm³/mol. The highest BCUT2D eigenvalue weighted by Crippen LogP contribution is 2.39. The van der Waals surface area contributed by atoms with Crippen LogP contribution in [0.4, 0.5) is 0 Å². The van der Waals surface area contributed by atoms with Gasteiger partial charge in [0.25, 0.3) is 0 Å². The molecule has 1 atom stereocenters. The number of carbonyl (C=O) groups excluding carboxylic acids is 1. The first-order valence-electron chi connectivity index (χ1n) is 9.42. The third-order valence-electron chi connectivity index (χ3n) is 5.43. The van der Waals surface area contributed by atoms with Gasteiger partial charge in [0.15, 0.2) is 17.3 Å². The van der Waals surface area contributed by atoms with Gasteiger partial charge < -0.3 is 14.4 Å². The van der Waals surface area contributed by atoms with Crippen LogP contribution in [0.25, 0.3) is 0 Å². The number of nitrogens with zero attached hydrogens (tertiary/aromatic N) is 4. The van der Waals surface area contributed by atoms with E-state index < -0.39 is 0 Å². The maximum Gasteiger partial charge on any atom is 0.227 e. The van der Waals surface area contributed by atoms with Crippen molar-refractivity contribution in [3.05, 3.63) is 34.4 Å². The minimum absolute atomic E-state index is 0.0308. The lowest BCUT2D eigenvalue weighted by Crippen LogP contribution is -2.42. The monoisotopic (exact) mass is 388 g/mol. The molecule has 1 aromatic heterocycles. The van der Waals surface area contributed by atoms with Gasteiger partial charge in [0.05, 0.1) is 19.0 Å². The van der Waals surface area contributed by atoms with Gasteiger partial charge in [0.2, 0.25) is 5.91 Å². The molecule has 2 aliphatic heterocycles. The Morgan fingerprint density at radius 1 is 1.22 bits per heavy atom. The average Bonchev–Trinajstić information content (AvgIpc) is 3.41. The zero-order chi connectivity index (χ0) is 18.5. The van der Waals surface area contributed by atoms with E-state index in [-0.39, 0.29) is 18.4 Å². The Kier molecular flexibility index (Phi) is 4.00. The molecule has 0 radical (unpaired) electrons. The minimum Gasteiger partial charge on any atom is -0.486 e. The standard InChI is InChI=1S/C19H21ClN4O3/c1-11-19-21-18(12-2-3-12)22-24(19)5-4-23(11)17(25)9-13-8-15-16(10-14(13)20)27-7-6-26-15/h8,10-12H,2-7,9H2,1H3/t11-/m1/s1. The first kappa shape index (κ1) is 16.9. The molecule has 3 aliphatic rings. The maximum atomic E-state index is 13.0. The van der Waals surface area contributed by atoms with E-state index in [4.69, 9.17) is 26.1 Å². The highest BCUT2D eigenvalue weighted by molar-refractivity contribution is 6.31. The molecular formula is C19H21ClN4O3. The zero-order valence-electron chi connectivity index (χ0n) is 15.2. The fourth-order valence-electron chi connectivity index (χ4n) is 3.74. The molecule has 7 nitrogen and oxygen atoms in total. The lowest BCUT2D eigenvalue weighted by atomic mass is 10.1. The van der Waals surface area contributed by atoms with Crippen molar-refractivity contribution in [1.29, 1.82) is 0 Å². The molecule has 2 aromatic rings. The number of hydrogen-bond donors (Lipinski definition) is 0. The van der Waals surface area contributed by atoms with E-state index in [1.807, 2.05) is 22.6 Å². The van der Waals surface area contributed by atoms with Crippen molar-refractivity contribution in [1.82, 2.24) is 19.7 Å². The molecule has 27 heavy (non-hydrogen) atoms. The number of benzene rings is 1. The Bertz CT molecular complexity index is 909. The summed E-state index contributed by atoms with van der Waals surface area (Å²) in [5, 5.41) is 5.14. The van der Waals surface area contributed by atoms with Gasteiger partial charge in [0.1, 0.15) is 19.0 Å². The molecule has 1 aliphatic carbocycles. The zero-order valence-corrected chi connectivity index (χ0v) is 15.9. The van der Waals surface area contributed by atoms with Crippen LogP contribution in [-0.4, -0.2) is 45.3 Å². The van der Waals surface area contributed by atoms with Crippen molar-refractivity contribution in [2.45, 2.75) is 44.7 Å². The molecule has 0 spiro atoms. The molecule has 0 saturated heterocycles. The summed E-state index contributed by atoms with van der Waals surface area (Å²) in [4.78, 5) is 19.6. The van der Waals surface area contributed by atoms with Crippen molar-refractivity contribution in [2.24, 2.45) is 0 Å². The average molecular weight is 389 g/mol. The molecule has 3 heterocycles. The van der Waals surface area contributed by atoms with Gasteiger partial charge in [-0.2, -0.15) is 5.10 Å². The number of halogens is 1. The van der Waals surface area contributed by atoms with Crippen molar-refractivity contribution in [3.8, 4) is 11.5 Å². The van der Waals surface area contributed by atoms with Gasteiger partial charge in [-0.1, -0.05) is 11.6 Å². The molecule has 1 fully saturated rings. The Morgan fingerprint density at radius 2 is 1.96 bits per heavy atom. The third kappa shape index (κ3) is 3.04. The predicted octanol–water partition coefficient (Wildman–Crippen LogP) is 2.73. The Labute approximate surface area is 162 Å². The SMILES string of the molecule is C[C@@H]1c2nc(C3CC3)nn2CCN1C(=O)Cc1cc2c(cc1Cl)OCCO2. The number of ether oxygens (including phenoxy) is 2. The van der Waals surface area contributed by atoms with Gasteiger partial charge in [-0.25, -0.2) is 9.67 Å². The highest BCUT2D eigenvalue weighted by atomic mass is 35.5. The second kappa shape index (κ2) is 6.41. The summed E-state index contributed by atoms with van der Waals surface area (Å²) in [7, 11) is 0. The Balaban J connectivity index is 1.35. The largest absolute Gasteiger partial charge is 0.486 e. The molecule has 1 amide bonds. The van der Waals surface area contributed by atoms with Crippen LogP contribution in [0.3, 0.4) is 0 Å². The first-order valence-corrected chi connectivity index (χ1v) is 9.80. The molecule has 0 unspecified atom stereocenters. The topological polar surface area (TPSA) is 69.5 Å². The molecule has 1 aromatic carbocycles. The maximum absolute atomic E-state index is 13.0. The van der Waals surface area contributed by atoms with Crippen LogP contribution in [0.15, 0.2) is 12.1 Å². The molecular weight excluding hydrogens is 368 g/mol. The van der Waals surface area contributed by atoms with Crippen molar-refractivity contribution in [3.63, 3.8) is 0 Å². The summed E-state index contributed by atoms with van der Waals surface area (Å²) in [6.07, 6.45) is 2.57. The minimum atomic E-state index is -0.0952. The summed E-state index contributed by atoms with van der Waals surface area (Å²) in [6, 6.07) is 3.45. The van der Waals surface area contributed by atoms with E-state index >= 15 is 0 Å². The normalized spacial score (nSPS) is 21.1. The highest BCUT2D eigenvalue weighted by Gasteiger charge is 2.34. The Hall–Kier alpha value is -2.28. The summed E-state index contributed by atoms with van der Waals surface area (Å²) in [6.45, 7) is 4.34. The van der Waals surface area contributed by atoms with Crippen molar-refractivity contribution in [2.75, 3.05) is 19.8 Å². The van der Waals surface area contributed by atoms with E-state index in [0.717, 1.165) is 17.2 Å². The summed E-state index contributed by atoms with van der Waals surface area (Å²) >= 11 is 6.37. The van der Waals surface area contributed by atoms with Gasteiger partial charge in [-0.15, -0.1) is 0 Å². The van der Waals surface area contributed by atoms with E-state index in [1.54, 1.807) is 6.07 Å². The third-order valence-corrected chi connectivity index (χ3v) is 5.78. The second-order valence-corrected chi connectivity index (χ2v) is 7.76. The number of fused-ring (bicyclic) bond motifs is 2. The summed E-state index contributed by atoms with van der Waals surface area (Å²) in [5.74, 6) is 3.63. The lowest BCUT2D eigenvalue weighted by molar-refractivity contribution is -0.133. The summed E-state index contributed by atoms with van der Waals surface area (Å²) < 4.78 is 13.1. The van der Waals surface area contributed by atoms with E-state index in [9.17, 15) is 4.79 Å². The van der Waals surface area contributed by atoms with Gasteiger partial charge in [-0.3, -0.25) is 4.79 Å². The number of hydrogen-bond acceptors (Lipinski definition) is 5. The van der Waals surface area contributed by atoms with Crippen LogP contribution in [0.1, 0.15) is 48.9 Å². The molecule has 8 heteroatoms. The van der Waals surface area contributed by atoms with Crippen LogP contribution in [0.2, 0.25) is 5.02 Å². The number of carbonyl (C=O) groups is 1. The molecule has 0 N–H and O–H groups in total. The molecule has 0 bridgehead atoms. The first-order chi connectivity index (χ1) is 13.1. The van der Waals surface area contributed by atoms with Crippen LogP contribution < -0.4 is 9.47 Å². The molecule has 142 valence electrons. The van der Waals surface area contributed by atoms with Crippen LogP contribution in [0.5, 0.6) is 11.5 Å². The van der Waals surface area contributed by atoms with Crippen LogP contribution in [0, 0.1) is 0 Å². The van der Waals surface area contributed by atoms with Gasteiger partial charge in [-0.05, 0) is 31.4 Å². The number of amides is 1. The smallest absolute Gasteiger partial charge is 0.227 e. The van der Waals surface area contributed by atoms with Crippen molar-refractivity contribution >= 4 is 17.5 Å². The van der Waals surface area contributed by atoms with E-state index in [1.165, 1.54) is 12.8 Å². The quantitative estimate of drug-likeness (QED) is 0.808. The summed E-state index contributed by atoms with van der Waals surface area (Å²) in [5.41, 5.74) is 0.754. The van der Waals surface area contributed by atoms with E-state index in [2.05, 4.69) is 5.10 Å². The Morgan fingerprint density at radius 3 is 2.70 bits per heavy atom. The number of aromatic nitrogens is 3. The van der Waals surface area contributed by atoms with E-state index in [0.29, 0.717) is 48.7 Å². The number of rotatable bonds is 3. The fraction of sp³-hybridized carbons (Fsp3) is 0.526. The van der Waals surface area contributed by atoms with Gasteiger partial charge >= 0.3 is 0 Å². The molecule has 1 saturated carbocycles. The van der Waals surface area contributed by atoms with Crippen molar-refractivity contribution < 1.29 is 14.3 Å². The fourth-order valence-corrected chi connectivity index (χ4v) is 3.96. The van der Waals surface area contributed by atoms with Crippen LogP contribution in [-0.2, 0) is 17.8 Å². The lowest BCUT2D eigenvalue weighted by Gasteiger charge is -2.33. The second-order valence-electron chi connectivity index (χ2n) is 7.35. The molecule has 5 rings (SSSR count). The van der Waals surface area contributed by atoms with Crippen LogP contribution >= 0.6 is 11.6 Å².